The second kappa shape index (κ2) is 7.51. The van der Waals surface area contributed by atoms with Gasteiger partial charge in [-0.1, -0.05) is 42.1 Å². The molecule has 1 fully saturated rings. The lowest BCUT2D eigenvalue weighted by Crippen LogP contribution is -2.47. The van der Waals surface area contributed by atoms with Gasteiger partial charge in [0.1, 0.15) is 27.2 Å². The molecule has 8 heteroatoms. The van der Waals surface area contributed by atoms with E-state index in [1.807, 2.05) is 30.3 Å². The molecule has 4 rings (SSSR count). The summed E-state index contributed by atoms with van der Waals surface area (Å²) in [7, 11) is 0. The van der Waals surface area contributed by atoms with Gasteiger partial charge >= 0.3 is 0 Å². The lowest BCUT2D eigenvalue weighted by molar-refractivity contribution is -0.146. The van der Waals surface area contributed by atoms with Gasteiger partial charge in [-0.15, -0.1) is 0 Å². The zero-order valence-electron chi connectivity index (χ0n) is 15.6. The minimum Gasteiger partial charge on any atom is -0.380 e. The SMILES string of the molecule is NCCCC1(c2ccccc2)SC(c2cc(F)ccc2F)=NN1C(=O)C1(O)CC1. The normalized spacial score (nSPS) is 22.5. The van der Waals surface area contributed by atoms with Crippen LogP contribution in [-0.2, 0) is 9.67 Å². The average molecular weight is 417 g/mol. The van der Waals surface area contributed by atoms with Crippen LogP contribution in [0.3, 0.4) is 0 Å². The molecular formula is C21H21F2N3O2S. The zero-order chi connectivity index (χ0) is 20.6. The molecule has 1 aliphatic heterocycles. The molecule has 1 heterocycles. The molecule has 3 N–H and O–H groups in total. The fourth-order valence-corrected chi connectivity index (χ4v) is 4.85. The third-order valence-electron chi connectivity index (χ3n) is 5.22. The predicted octanol–water partition coefficient (Wildman–Crippen LogP) is 3.32. The summed E-state index contributed by atoms with van der Waals surface area (Å²) in [6, 6.07) is 12.4. The van der Waals surface area contributed by atoms with E-state index in [0.29, 0.717) is 32.2 Å². The highest BCUT2D eigenvalue weighted by Gasteiger charge is 2.57. The Bertz CT molecular complexity index is 966. The molecule has 2 aromatic carbocycles. The summed E-state index contributed by atoms with van der Waals surface area (Å²) in [5.41, 5.74) is 5.06. The summed E-state index contributed by atoms with van der Waals surface area (Å²) in [5.74, 6) is -1.75. The molecule has 0 radical (unpaired) electrons. The van der Waals surface area contributed by atoms with Crippen molar-refractivity contribution in [1.29, 1.82) is 0 Å². The Morgan fingerprint density at radius 3 is 2.59 bits per heavy atom. The van der Waals surface area contributed by atoms with Crippen LogP contribution in [-0.4, -0.2) is 33.2 Å². The number of amides is 1. The highest BCUT2D eigenvalue weighted by Crippen LogP contribution is 2.53. The van der Waals surface area contributed by atoms with Crippen molar-refractivity contribution in [2.24, 2.45) is 10.8 Å². The molecule has 0 spiro atoms. The van der Waals surface area contributed by atoms with Crippen molar-refractivity contribution < 1.29 is 18.7 Å². The number of carbonyl (C=O) groups excluding carboxylic acids is 1. The largest absolute Gasteiger partial charge is 0.380 e. The standard InChI is InChI=1S/C21H21F2N3O2S/c22-15-7-8-17(23)16(13-15)18-25-26(19(27)20(28)10-11-20)21(29-18,9-4-12-24)14-5-2-1-3-6-14/h1-3,5-8,13,28H,4,9-12,24H2. The van der Waals surface area contributed by atoms with Gasteiger partial charge in [0.2, 0.25) is 0 Å². The van der Waals surface area contributed by atoms with Crippen LogP contribution < -0.4 is 5.73 Å². The Balaban J connectivity index is 1.84. The van der Waals surface area contributed by atoms with E-state index in [-0.39, 0.29) is 10.6 Å². The van der Waals surface area contributed by atoms with Gasteiger partial charge in [-0.25, -0.2) is 13.8 Å². The monoisotopic (exact) mass is 417 g/mol. The van der Waals surface area contributed by atoms with Gasteiger partial charge in [0, 0.05) is 5.56 Å². The number of halogens is 2. The molecule has 0 aromatic heterocycles. The van der Waals surface area contributed by atoms with Gasteiger partial charge < -0.3 is 10.8 Å². The summed E-state index contributed by atoms with van der Waals surface area (Å²) in [6.45, 7) is 0.394. The van der Waals surface area contributed by atoms with Gasteiger partial charge in [0.25, 0.3) is 5.91 Å². The second-order valence-corrected chi connectivity index (χ2v) is 8.59. The van der Waals surface area contributed by atoms with Gasteiger partial charge in [-0.05, 0) is 56.0 Å². The fourth-order valence-electron chi connectivity index (χ4n) is 3.43. The van der Waals surface area contributed by atoms with Gasteiger partial charge in [0.15, 0.2) is 0 Å². The van der Waals surface area contributed by atoms with Gasteiger partial charge in [-0.3, -0.25) is 4.79 Å². The van der Waals surface area contributed by atoms with Crippen molar-refractivity contribution >= 4 is 22.7 Å². The maximum atomic E-state index is 14.5. The molecule has 1 unspecified atom stereocenters. The number of hydrogen-bond donors (Lipinski definition) is 2. The summed E-state index contributed by atoms with van der Waals surface area (Å²) in [4.78, 5) is 12.2. The van der Waals surface area contributed by atoms with E-state index in [1.165, 1.54) is 16.8 Å². The molecule has 152 valence electrons. The van der Waals surface area contributed by atoms with Crippen molar-refractivity contribution in [2.75, 3.05) is 6.54 Å². The molecule has 29 heavy (non-hydrogen) atoms. The Labute approximate surface area is 171 Å². The average Bonchev–Trinajstić information content (AvgIpc) is 3.37. The van der Waals surface area contributed by atoms with Crippen molar-refractivity contribution in [3.8, 4) is 0 Å². The Morgan fingerprint density at radius 1 is 1.21 bits per heavy atom. The maximum absolute atomic E-state index is 14.5. The van der Waals surface area contributed by atoms with E-state index in [0.717, 1.165) is 23.8 Å². The van der Waals surface area contributed by atoms with Crippen molar-refractivity contribution in [1.82, 2.24) is 5.01 Å². The summed E-state index contributed by atoms with van der Waals surface area (Å²) in [5, 5.41) is 16.3. The number of rotatable bonds is 6. The first-order valence-corrected chi connectivity index (χ1v) is 10.3. The van der Waals surface area contributed by atoms with Gasteiger partial charge in [0.05, 0.1) is 0 Å². The number of hydrogen-bond acceptors (Lipinski definition) is 5. The van der Waals surface area contributed by atoms with Crippen LogP contribution in [0.2, 0.25) is 0 Å². The molecule has 0 saturated heterocycles. The fraction of sp³-hybridized carbons (Fsp3) is 0.333. The summed E-state index contributed by atoms with van der Waals surface area (Å²) >= 11 is 1.19. The molecule has 1 amide bonds. The van der Waals surface area contributed by atoms with E-state index in [4.69, 9.17) is 5.73 Å². The maximum Gasteiger partial charge on any atom is 0.276 e. The van der Waals surface area contributed by atoms with Crippen LogP contribution in [0, 0.1) is 11.6 Å². The van der Waals surface area contributed by atoms with E-state index in [1.54, 1.807) is 0 Å². The number of aliphatic hydroxyl groups is 1. The van der Waals surface area contributed by atoms with E-state index in [2.05, 4.69) is 5.10 Å². The van der Waals surface area contributed by atoms with Crippen LogP contribution in [0.25, 0.3) is 0 Å². The number of benzene rings is 2. The third-order valence-corrected chi connectivity index (χ3v) is 6.66. The zero-order valence-corrected chi connectivity index (χ0v) is 16.5. The predicted molar refractivity (Wildman–Crippen MR) is 108 cm³/mol. The third kappa shape index (κ3) is 3.56. The van der Waals surface area contributed by atoms with E-state index in [9.17, 15) is 18.7 Å². The quantitative estimate of drug-likeness (QED) is 0.756. The minimum atomic E-state index is -1.46. The van der Waals surface area contributed by atoms with Gasteiger partial charge in [-0.2, -0.15) is 5.10 Å². The summed E-state index contributed by atoms with van der Waals surface area (Å²) in [6.07, 6.45) is 1.74. The van der Waals surface area contributed by atoms with Crippen LogP contribution in [0.1, 0.15) is 36.8 Å². The first kappa shape index (κ1) is 20.0. The highest BCUT2D eigenvalue weighted by molar-refractivity contribution is 8.15. The second-order valence-electron chi connectivity index (χ2n) is 7.32. The summed E-state index contributed by atoms with van der Waals surface area (Å²) < 4.78 is 28.3. The van der Waals surface area contributed by atoms with Crippen LogP contribution in [0.5, 0.6) is 0 Å². The topological polar surface area (TPSA) is 78.9 Å². The van der Waals surface area contributed by atoms with Crippen LogP contribution in [0.15, 0.2) is 53.6 Å². The molecule has 0 bridgehead atoms. The number of hydrazone groups is 1. The Kier molecular flexibility index (Phi) is 5.18. The van der Waals surface area contributed by atoms with Crippen molar-refractivity contribution in [3.05, 3.63) is 71.3 Å². The number of nitrogens with two attached hydrogens (primary N) is 1. The Morgan fingerprint density at radius 2 is 1.93 bits per heavy atom. The van der Waals surface area contributed by atoms with Crippen molar-refractivity contribution in [2.45, 2.75) is 36.2 Å². The first-order chi connectivity index (χ1) is 13.9. The number of carbonyl (C=O) groups is 1. The van der Waals surface area contributed by atoms with Crippen molar-refractivity contribution in [3.63, 3.8) is 0 Å². The number of thioether (sulfide) groups is 1. The number of nitrogens with zero attached hydrogens (tertiary/aromatic N) is 2. The molecule has 1 atom stereocenters. The smallest absolute Gasteiger partial charge is 0.276 e. The lowest BCUT2D eigenvalue weighted by Gasteiger charge is -2.37. The highest BCUT2D eigenvalue weighted by atomic mass is 32.2. The van der Waals surface area contributed by atoms with Crippen LogP contribution >= 0.6 is 11.8 Å². The van der Waals surface area contributed by atoms with E-state index < -0.39 is 28.0 Å². The molecule has 1 aliphatic carbocycles. The Hall–Kier alpha value is -2.29. The molecule has 2 aromatic rings. The van der Waals surface area contributed by atoms with Crippen LogP contribution in [0.4, 0.5) is 8.78 Å². The molecule has 1 saturated carbocycles. The first-order valence-electron chi connectivity index (χ1n) is 9.45. The molecular weight excluding hydrogens is 396 g/mol. The molecule has 5 nitrogen and oxygen atoms in total. The lowest BCUT2D eigenvalue weighted by atomic mass is 9.99. The molecule has 2 aliphatic rings. The minimum absolute atomic E-state index is 0.0128. The van der Waals surface area contributed by atoms with E-state index >= 15 is 0 Å².